The zero-order valence-electron chi connectivity index (χ0n) is 21.2. The molecule has 0 spiro atoms. The van der Waals surface area contributed by atoms with Gasteiger partial charge in [0.2, 0.25) is 15.9 Å². The number of benzene rings is 3. The Hall–Kier alpha value is -4.22. The van der Waals surface area contributed by atoms with Gasteiger partial charge in [-0.15, -0.1) is 5.10 Å². The first-order valence-electron chi connectivity index (χ1n) is 12.0. The van der Waals surface area contributed by atoms with E-state index in [0.717, 1.165) is 5.56 Å². The van der Waals surface area contributed by atoms with Crippen molar-refractivity contribution in [2.75, 3.05) is 25.6 Å². The van der Waals surface area contributed by atoms with Crippen molar-refractivity contribution in [2.24, 2.45) is 0 Å². The molecule has 1 amide bonds. The lowest BCUT2D eigenvalue weighted by Crippen LogP contribution is -2.26. The number of carbonyl (C=O) groups is 1. The van der Waals surface area contributed by atoms with Crippen LogP contribution in [0.1, 0.15) is 29.8 Å². The number of anilines is 1. The second-order valence-electron chi connectivity index (χ2n) is 8.17. The van der Waals surface area contributed by atoms with Crippen LogP contribution in [0, 0.1) is 0 Å². The Morgan fingerprint density at radius 3 is 2.29 bits per heavy atom. The van der Waals surface area contributed by atoms with Crippen molar-refractivity contribution in [2.45, 2.75) is 25.3 Å². The van der Waals surface area contributed by atoms with Crippen LogP contribution in [-0.4, -0.2) is 49.1 Å². The standard InChI is InChI=1S/C27H28N4O6S/c1-4-35-23-16-13-21(17-24(23)36-5-2)26-29-30-27(37-26)28-25(32)20-11-14-22(15-12-20)38(33,34)31(3)18-19-9-7-6-8-10-19/h6-17H,4-5,18H2,1-3H3,(H,28,30,32). The Morgan fingerprint density at radius 2 is 1.61 bits per heavy atom. The minimum Gasteiger partial charge on any atom is -0.490 e. The third-order valence-corrected chi connectivity index (χ3v) is 7.33. The molecule has 0 saturated heterocycles. The van der Waals surface area contributed by atoms with Crippen LogP contribution in [0.3, 0.4) is 0 Å². The highest BCUT2D eigenvalue weighted by molar-refractivity contribution is 7.89. The number of hydrogen-bond donors (Lipinski definition) is 1. The van der Waals surface area contributed by atoms with Crippen LogP contribution < -0.4 is 14.8 Å². The maximum atomic E-state index is 12.9. The third kappa shape index (κ3) is 6.18. The Morgan fingerprint density at radius 1 is 0.921 bits per heavy atom. The molecule has 0 radical (unpaired) electrons. The Bertz CT molecular complexity index is 1490. The van der Waals surface area contributed by atoms with Crippen LogP contribution in [0.5, 0.6) is 11.5 Å². The zero-order valence-corrected chi connectivity index (χ0v) is 22.1. The van der Waals surface area contributed by atoms with Crippen LogP contribution in [-0.2, 0) is 16.6 Å². The van der Waals surface area contributed by atoms with Gasteiger partial charge in [-0.05, 0) is 61.9 Å². The van der Waals surface area contributed by atoms with E-state index < -0.39 is 15.9 Å². The molecule has 0 saturated carbocycles. The van der Waals surface area contributed by atoms with E-state index in [-0.39, 0.29) is 28.9 Å². The number of nitrogens with one attached hydrogen (secondary N) is 1. The van der Waals surface area contributed by atoms with Gasteiger partial charge in [0.25, 0.3) is 5.91 Å². The SMILES string of the molecule is CCOc1ccc(-c2nnc(NC(=O)c3ccc(S(=O)(=O)N(C)Cc4ccccc4)cc3)o2)cc1OCC. The molecule has 0 aliphatic carbocycles. The van der Waals surface area contributed by atoms with Crippen molar-refractivity contribution >= 4 is 21.9 Å². The molecule has 4 aromatic rings. The summed E-state index contributed by atoms with van der Waals surface area (Å²) < 4.78 is 44.0. The number of hydrogen-bond acceptors (Lipinski definition) is 8. The highest BCUT2D eigenvalue weighted by atomic mass is 32.2. The highest BCUT2D eigenvalue weighted by Crippen LogP contribution is 2.33. The summed E-state index contributed by atoms with van der Waals surface area (Å²) in [5.41, 5.74) is 1.70. The van der Waals surface area contributed by atoms with E-state index in [1.807, 2.05) is 44.2 Å². The molecule has 1 N–H and O–H groups in total. The number of carbonyl (C=O) groups excluding carboxylic acids is 1. The molecule has 0 fully saturated rings. The highest BCUT2D eigenvalue weighted by Gasteiger charge is 2.22. The van der Waals surface area contributed by atoms with Gasteiger partial charge in [0.15, 0.2) is 11.5 Å². The molecule has 0 aliphatic rings. The Labute approximate surface area is 221 Å². The lowest BCUT2D eigenvalue weighted by Gasteiger charge is -2.17. The third-order valence-electron chi connectivity index (χ3n) is 5.51. The Kier molecular flexibility index (Phi) is 8.39. The molecular weight excluding hydrogens is 508 g/mol. The van der Waals surface area contributed by atoms with Gasteiger partial charge in [-0.3, -0.25) is 10.1 Å². The first kappa shape index (κ1) is 26.8. The summed E-state index contributed by atoms with van der Waals surface area (Å²) in [6.07, 6.45) is 0. The van der Waals surface area contributed by atoms with E-state index in [1.165, 1.54) is 35.6 Å². The van der Waals surface area contributed by atoms with Crippen LogP contribution in [0.2, 0.25) is 0 Å². The monoisotopic (exact) mass is 536 g/mol. The maximum absolute atomic E-state index is 12.9. The number of aromatic nitrogens is 2. The predicted octanol–water partition coefficient (Wildman–Crippen LogP) is 4.61. The second-order valence-corrected chi connectivity index (χ2v) is 10.2. The summed E-state index contributed by atoms with van der Waals surface area (Å²) in [5.74, 6) is 0.804. The van der Waals surface area contributed by atoms with E-state index in [4.69, 9.17) is 13.9 Å². The summed E-state index contributed by atoms with van der Waals surface area (Å²) in [5, 5.41) is 10.4. The van der Waals surface area contributed by atoms with E-state index >= 15 is 0 Å². The number of nitrogens with zero attached hydrogens (tertiary/aromatic N) is 3. The Balaban J connectivity index is 1.43. The smallest absolute Gasteiger partial charge is 0.322 e. The quantitative estimate of drug-likeness (QED) is 0.295. The van der Waals surface area contributed by atoms with E-state index in [0.29, 0.717) is 30.3 Å². The first-order chi connectivity index (χ1) is 18.3. The topological polar surface area (TPSA) is 124 Å². The zero-order chi connectivity index (χ0) is 27.1. The summed E-state index contributed by atoms with van der Waals surface area (Å²) in [4.78, 5) is 12.8. The normalized spacial score (nSPS) is 11.4. The summed E-state index contributed by atoms with van der Waals surface area (Å²) in [7, 11) is -2.23. The van der Waals surface area contributed by atoms with E-state index in [9.17, 15) is 13.2 Å². The van der Waals surface area contributed by atoms with Gasteiger partial charge in [-0.2, -0.15) is 4.31 Å². The molecule has 1 heterocycles. The molecule has 10 nitrogen and oxygen atoms in total. The van der Waals surface area contributed by atoms with Crippen molar-refractivity contribution in [3.05, 3.63) is 83.9 Å². The average molecular weight is 537 g/mol. The fourth-order valence-corrected chi connectivity index (χ4v) is 4.79. The number of amides is 1. The number of ether oxygens (including phenoxy) is 2. The fraction of sp³-hybridized carbons (Fsp3) is 0.222. The minimum atomic E-state index is -3.74. The second kappa shape index (κ2) is 11.9. The van der Waals surface area contributed by atoms with Crippen molar-refractivity contribution < 1.29 is 27.1 Å². The van der Waals surface area contributed by atoms with Crippen LogP contribution >= 0.6 is 0 Å². The molecule has 0 atom stereocenters. The lowest BCUT2D eigenvalue weighted by molar-refractivity contribution is 0.102. The van der Waals surface area contributed by atoms with Crippen LogP contribution in [0.25, 0.3) is 11.5 Å². The van der Waals surface area contributed by atoms with Gasteiger partial charge in [0.1, 0.15) is 0 Å². The average Bonchev–Trinajstić information content (AvgIpc) is 3.39. The summed E-state index contributed by atoms with van der Waals surface area (Å²) >= 11 is 0. The van der Waals surface area contributed by atoms with Gasteiger partial charge in [-0.1, -0.05) is 35.4 Å². The molecule has 3 aromatic carbocycles. The van der Waals surface area contributed by atoms with Crippen LogP contribution in [0.4, 0.5) is 6.01 Å². The molecule has 4 rings (SSSR count). The van der Waals surface area contributed by atoms with Gasteiger partial charge >= 0.3 is 6.01 Å². The van der Waals surface area contributed by atoms with E-state index in [2.05, 4.69) is 15.5 Å². The van der Waals surface area contributed by atoms with Gasteiger partial charge in [0.05, 0.1) is 18.1 Å². The molecular formula is C27H28N4O6S. The van der Waals surface area contributed by atoms with Crippen molar-refractivity contribution in [1.29, 1.82) is 0 Å². The lowest BCUT2D eigenvalue weighted by atomic mass is 10.2. The fourth-order valence-electron chi connectivity index (χ4n) is 3.63. The molecule has 0 unspecified atom stereocenters. The van der Waals surface area contributed by atoms with Crippen molar-refractivity contribution in [3.63, 3.8) is 0 Å². The maximum Gasteiger partial charge on any atom is 0.322 e. The van der Waals surface area contributed by atoms with Gasteiger partial charge in [0, 0.05) is 24.7 Å². The van der Waals surface area contributed by atoms with Crippen molar-refractivity contribution in [3.8, 4) is 23.0 Å². The molecule has 38 heavy (non-hydrogen) atoms. The number of rotatable bonds is 11. The predicted molar refractivity (Wildman–Crippen MR) is 142 cm³/mol. The van der Waals surface area contributed by atoms with Crippen molar-refractivity contribution in [1.82, 2.24) is 14.5 Å². The number of sulfonamides is 1. The summed E-state index contributed by atoms with van der Waals surface area (Å²) in [6, 6.07) is 20.0. The van der Waals surface area contributed by atoms with E-state index in [1.54, 1.807) is 18.2 Å². The summed E-state index contributed by atoms with van der Waals surface area (Å²) in [6.45, 7) is 4.93. The largest absolute Gasteiger partial charge is 0.490 e. The van der Waals surface area contributed by atoms with Gasteiger partial charge < -0.3 is 13.9 Å². The molecule has 11 heteroatoms. The van der Waals surface area contributed by atoms with Gasteiger partial charge in [-0.25, -0.2) is 8.42 Å². The minimum absolute atomic E-state index is 0.0770. The molecule has 0 aliphatic heterocycles. The first-order valence-corrected chi connectivity index (χ1v) is 13.4. The molecule has 1 aromatic heterocycles. The molecule has 0 bridgehead atoms. The molecule has 198 valence electrons. The van der Waals surface area contributed by atoms with Crippen LogP contribution in [0.15, 0.2) is 82.1 Å².